The van der Waals surface area contributed by atoms with E-state index in [9.17, 15) is 14.4 Å². The molecule has 0 spiro atoms. The zero-order valence-corrected chi connectivity index (χ0v) is 15.2. The van der Waals surface area contributed by atoms with Gasteiger partial charge in [0.05, 0.1) is 5.92 Å². The zero-order chi connectivity index (χ0) is 19.3. The summed E-state index contributed by atoms with van der Waals surface area (Å²) in [7, 11) is 0. The normalized spacial score (nSPS) is 11.4. The lowest BCUT2D eigenvalue weighted by Crippen LogP contribution is -2.19. The van der Waals surface area contributed by atoms with Crippen LogP contribution >= 0.6 is 0 Å². The molecule has 1 N–H and O–H groups in total. The standard InChI is InChI=1S/C20H21NO5/c1-12-5-8-17(9-6-12)21-20(24)13(2)16-7-10-18(25-14(3)22)19(11-16)26-15(4)23/h5-11,13H,1-4H3,(H,21,24). The van der Waals surface area contributed by atoms with Gasteiger partial charge in [-0.05, 0) is 43.7 Å². The van der Waals surface area contributed by atoms with Gasteiger partial charge in [-0.25, -0.2) is 0 Å². The van der Waals surface area contributed by atoms with Crippen LogP contribution in [0.1, 0.15) is 37.8 Å². The van der Waals surface area contributed by atoms with E-state index in [1.165, 1.54) is 26.0 Å². The second kappa shape index (κ2) is 8.29. The summed E-state index contributed by atoms with van der Waals surface area (Å²) in [6.45, 7) is 6.21. The quantitative estimate of drug-likeness (QED) is 0.655. The average Bonchev–Trinajstić information content (AvgIpc) is 2.57. The van der Waals surface area contributed by atoms with E-state index in [0.717, 1.165) is 5.56 Å². The summed E-state index contributed by atoms with van der Waals surface area (Å²) in [6.07, 6.45) is 0. The first kappa shape index (κ1) is 19.2. The maximum Gasteiger partial charge on any atom is 0.308 e. The van der Waals surface area contributed by atoms with Crippen molar-refractivity contribution in [2.75, 3.05) is 5.32 Å². The summed E-state index contributed by atoms with van der Waals surface area (Å²) in [5, 5.41) is 2.84. The fourth-order valence-corrected chi connectivity index (χ4v) is 2.31. The third kappa shape index (κ3) is 5.17. The van der Waals surface area contributed by atoms with Gasteiger partial charge in [0.15, 0.2) is 11.5 Å². The van der Waals surface area contributed by atoms with Gasteiger partial charge >= 0.3 is 11.9 Å². The van der Waals surface area contributed by atoms with Gasteiger partial charge in [0, 0.05) is 19.5 Å². The van der Waals surface area contributed by atoms with E-state index in [0.29, 0.717) is 11.3 Å². The fourth-order valence-electron chi connectivity index (χ4n) is 2.31. The summed E-state index contributed by atoms with van der Waals surface area (Å²) in [4.78, 5) is 35.0. The molecule has 0 heterocycles. The van der Waals surface area contributed by atoms with Gasteiger partial charge in [0.2, 0.25) is 5.91 Å². The van der Waals surface area contributed by atoms with E-state index in [-0.39, 0.29) is 17.4 Å². The predicted octanol–water partition coefficient (Wildman–Crippen LogP) is 3.59. The molecule has 26 heavy (non-hydrogen) atoms. The lowest BCUT2D eigenvalue weighted by Gasteiger charge is -2.15. The molecule has 0 saturated carbocycles. The number of ether oxygens (including phenoxy) is 2. The molecule has 0 aliphatic carbocycles. The highest BCUT2D eigenvalue weighted by atomic mass is 16.6. The number of hydrogen-bond acceptors (Lipinski definition) is 5. The van der Waals surface area contributed by atoms with Crippen molar-refractivity contribution in [1.82, 2.24) is 0 Å². The minimum absolute atomic E-state index is 0.0974. The molecular formula is C20H21NO5. The fraction of sp³-hybridized carbons (Fsp3) is 0.250. The van der Waals surface area contributed by atoms with Gasteiger partial charge < -0.3 is 14.8 Å². The number of carbonyl (C=O) groups is 3. The second-order valence-electron chi connectivity index (χ2n) is 5.97. The highest BCUT2D eigenvalue weighted by Gasteiger charge is 2.19. The van der Waals surface area contributed by atoms with E-state index in [1.54, 1.807) is 13.0 Å². The Morgan fingerprint density at radius 1 is 0.885 bits per heavy atom. The Hall–Kier alpha value is -3.15. The molecule has 136 valence electrons. The second-order valence-corrected chi connectivity index (χ2v) is 5.97. The van der Waals surface area contributed by atoms with Crippen molar-refractivity contribution in [1.29, 1.82) is 0 Å². The molecule has 2 aromatic rings. The third-order valence-corrected chi connectivity index (χ3v) is 3.69. The molecule has 0 fully saturated rings. The lowest BCUT2D eigenvalue weighted by atomic mass is 9.99. The molecule has 2 rings (SSSR count). The Morgan fingerprint density at radius 2 is 1.46 bits per heavy atom. The highest BCUT2D eigenvalue weighted by molar-refractivity contribution is 5.95. The van der Waals surface area contributed by atoms with E-state index in [1.807, 2.05) is 31.2 Å². The first-order chi connectivity index (χ1) is 12.3. The van der Waals surface area contributed by atoms with Crippen LogP contribution < -0.4 is 14.8 Å². The number of carbonyl (C=O) groups excluding carboxylic acids is 3. The van der Waals surface area contributed by atoms with Crippen molar-refractivity contribution in [3.05, 3.63) is 53.6 Å². The summed E-state index contributed by atoms with van der Waals surface area (Å²) >= 11 is 0. The van der Waals surface area contributed by atoms with Crippen LogP contribution in [0.25, 0.3) is 0 Å². The van der Waals surface area contributed by atoms with E-state index < -0.39 is 17.9 Å². The number of amides is 1. The van der Waals surface area contributed by atoms with Crippen molar-refractivity contribution >= 4 is 23.5 Å². The van der Waals surface area contributed by atoms with Crippen LogP contribution in [0.2, 0.25) is 0 Å². The molecule has 0 bridgehead atoms. The van der Waals surface area contributed by atoms with Gasteiger partial charge in [0.1, 0.15) is 0 Å². The molecule has 2 aromatic carbocycles. The van der Waals surface area contributed by atoms with Crippen molar-refractivity contribution < 1.29 is 23.9 Å². The first-order valence-electron chi connectivity index (χ1n) is 8.14. The zero-order valence-electron chi connectivity index (χ0n) is 15.2. The van der Waals surface area contributed by atoms with Crippen molar-refractivity contribution in [2.45, 2.75) is 33.6 Å². The predicted molar refractivity (Wildman–Crippen MR) is 97.3 cm³/mol. The Morgan fingerprint density at radius 3 is 2.04 bits per heavy atom. The molecule has 0 radical (unpaired) electrons. The number of hydrogen-bond donors (Lipinski definition) is 1. The number of aryl methyl sites for hydroxylation is 1. The Balaban J connectivity index is 2.22. The molecule has 1 unspecified atom stereocenters. The van der Waals surface area contributed by atoms with Crippen LogP contribution in [0.15, 0.2) is 42.5 Å². The van der Waals surface area contributed by atoms with E-state index in [4.69, 9.17) is 9.47 Å². The topological polar surface area (TPSA) is 81.7 Å². The number of esters is 2. The van der Waals surface area contributed by atoms with Crippen LogP contribution in [0.4, 0.5) is 5.69 Å². The van der Waals surface area contributed by atoms with Crippen molar-refractivity contribution in [3.63, 3.8) is 0 Å². The van der Waals surface area contributed by atoms with Gasteiger partial charge in [-0.15, -0.1) is 0 Å². The molecular weight excluding hydrogens is 334 g/mol. The van der Waals surface area contributed by atoms with E-state index in [2.05, 4.69) is 5.32 Å². The Labute approximate surface area is 152 Å². The smallest absolute Gasteiger partial charge is 0.308 e. The first-order valence-corrected chi connectivity index (χ1v) is 8.14. The lowest BCUT2D eigenvalue weighted by molar-refractivity contribution is -0.134. The molecule has 6 nitrogen and oxygen atoms in total. The molecule has 1 atom stereocenters. The third-order valence-electron chi connectivity index (χ3n) is 3.69. The average molecular weight is 355 g/mol. The summed E-state index contributed by atoms with van der Waals surface area (Å²) in [6, 6.07) is 12.2. The SMILES string of the molecule is CC(=O)Oc1ccc(C(C)C(=O)Nc2ccc(C)cc2)cc1OC(C)=O. The Bertz CT molecular complexity index is 827. The molecule has 0 aliphatic rings. The Kier molecular flexibility index (Phi) is 6.11. The number of anilines is 1. The molecule has 0 aromatic heterocycles. The molecule has 6 heteroatoms. The van der Waals surface area contributed by atoms with Gasteiger partial charge in [-0.2, -0.15) is 0 Å². The monoisotopic (exact) mass is 355 g/mol. The molecule has 0 aliphatic heterocycles. The largest absolute Gasteiger partial charge is 0.423 e. The van der Waals surface area contributed by atoms with Crippen LogP contribution in [-0.2, 0) is 14.4 Å². The minimum Gasteiger partial charge on any atom is -0.423 e. The van der Waals surface area contributed by atoms with Crippen LogP contribution in [0, 0.1) is 6.92 Å². The number of rotatable bonds is 5. The van der Waals surface area contributed by atoms with Gasteiger partial charge in [0.25, 0.3) is 0 Å². The van der Waals surface area contributed by atoms with Crippen LogP contribution in [-0.4, -0.2) is 17.8 Å². The summed E-state index contributed by atoms with van der Waals surface area (Å²) < 4.78 is 10.1. The van der Waals surface area contributed by atoms with E-state index >= 15 is 0 Å². The van der Waals surface area contributed by atoms with Gasteiger partial charge in [-0.3, -0.25) is 14.4 Å². The minimum atomic E-state index is -0.549. The summed E-state index contributed by atoms with van der Waals surface area (Å²) in [5.41, 5.74) is 2.43. The summed E-state index contributed by atoms with van der Waals surface area (Å²) in [5.74, 6) is -1.56. The van der Waals surface area contributed by atoms with Crippen molar-refractivity contribution in [2.24, 2.45) is 0 Å². The number of nitrogens with one attached hydrogen (secondary N) is 1. The van der Waals surface area contributed by atoms with Crippen LogP contribution in [0.3, 0.4) is 0 Å². The number of benzene rings is 2. The highest BCUT2D eigenvalue weighted by Crippen LogP contribution is 2.32. The maximum absolute atomic E-state index is 12.5. The van der Waals surface area contributed by atoms with Crippen molar-refractivity contribution in [3.8, 4) is 11.5 Å². The molecule has 0 saturated heterocycles. The maximum atomic E-state index is 12.5. The molecule has 1 amide bonds. The van der Waals surface area contributed by atoms with Crippen LogP contribution in [0.5, 0.6) is 11.5 Å². The van der Waals surface area contributed by atoms with Gasteiger partial charge in [-0.1, -0.05) is 23.8 Å².